The van der Waals surface area contributed by atoms with E-state index in [1.165, 1.54) is 11.3 Å². The molecule has 66 valence electrons. The van der Waals surface area contributed by atoms with Crippen LogP contribution < -0.4 is 0 Å². The number of thiazole rings is 1. The molecule has 0 unspecified atom stereocenters. The fourth-order valence-corrected chi connectivity index (χ4v) is 2.70. The molecule has 6 heteroatoms. The molecule has 0 atom stereocenters. The van der Waals surface area contributed by atoms with E-state index < -0.39 is 9.76 Å². The Morgan fingerprint density at radius 2 is 2.42 bits per heavy atom. The molecule has 0 spiro atoms. The van der Waals surface area contributed by atoms with E-state index in [0.717, 1.165) is 9.61 Å². The van der Waals surface area contributed by atoms with Gasteiger partial charge in [-0.15, -0.1) is 0 Å². The second-order valence-corrected chi connectivity index (χ2v) is 5.24. The quantitative estimate of drug-likeness (QED) is 0.761. The molecule has 0 bridgehead atoms. The number of aryl methyl sites for hydroxylation is 1. The molecule has 0 aliphatic heterocycles. The summed E-state index contributed by atoms with van der Waals surface area (Å²) >= 11 is 4.53. The molecule has 12 heavy (non-hydrogen) atoms. The number of rotatable bonds is 2. The first-order valence-electron chi connectivity index (χ1n) is 3.45. The van der Waals surface area contributed by atoms with Crippen LogP contribution in [0.1, 0.15) is 15.4 Å². The molecular weight excluding hydrogens is 258 g/mol. The Hall–Kier alpha value is -0.203. The van der Waals surface area contributed by atoms with Gasteiger partial charge in [0.15, 0.2) is 3.92 Å². The highest BCUT2D eigenvalue weighted by molar-refractivity contribution is 9.11. The van der Waals surface area contributed by atoms with Gasteiger partial charge in [-0.05, 0) is 29.4 Å². The van der Waals surface area contributed by atoms with Crippen LogP contribution in [0.3, 0.4) is 0 Å². The van der Waals surface area contributed by atoms with Crippen molar-refractivity contribution in [3.05, 3.63) is 14.5 Å². The number of carbonyl (C=O) groups is 1. The molecule has 0 saturated carbocycles. The van der Waals surface area contributed by atoms with Crippen molar-refractivity contribution in [1.82, 2.24) is 4.98 Å². The number of hydrogen-bond acceptors (Lipinski definition) is 4. The second kappa shape index (κ2) is 4.15. The molecule has 1 heterocycles. The predicted octanol–water partition coefficient (Wildman–Crippen LogP) is 1.50. The summed E-state index contributed by atoms with van der Waals surface area (Å²) in [5.41, 5.74) is 0.735. The van der Waals surface area contributed by atoms with Crippen LogP contribution in [0.25, 0.3) is 0 Å². The predicted molar refractivity (Wildman–Crippen MR) is 54.4 cm³/mol. The Morgan fingerprint density at radius 1 is 1.75 bits per heavy atom. The highest BCUT2D eigenvalue weighted by Gasteiger charge is 2.14. The third-order valence-electron chi connectivity index (χ3n) is 1.23. The molecular formula is C6H8BrNO2SSi. The Balaban J connectivity index is 2.87. The average Bonchev–Trinajstić information content (AvgIpc) is 2.30. The first kappa shape index (κ1) is 9.88. The smallest absolute Gasteiger partial charge is 0.336 e. The zero-order chi connectivity index (χ0) is 9.14. The summed E-state index contributed by atoms with van der Waals surface area (Å²) in [6, 6.07) is 0. The van der Waals surface area contributed by atoms with Crippen LogP contribution in [-0.4, -0.2) is 20.7 Å². The molecule has 0 N–H and O–H groups in total. The molecule has 0 aliphatic rings. The first-order chi connectivity index (χ1) is 5.65. The van der Waals surface area contributed by atoms with E-state index >= 15 is 0 Å². The fraction of sp³-hybridized carbons (Fsp3) is 0.333. The zero-order valence-electron chi connectivity index (χ0n) is 6.76. The van der Waals surface area contributed by atoms with Crippen LogP contribution >= 0.6 is 27.3 Å². The summed E-state index contributed by atoms with van der Waals surface area (Å²) in [4.78, 5) is 15.9. The Kier molecular flexibility index (Phi) is 3.42. The minimum atomic E-state index is -0.670. The van der Waals surface area contributed by atoms with Crippen LogP contribution in [0.2, 0.25) is 6.55 Å². The van der Waals surface area contributed by atoms with Gasteiger partial charge < -0.3 is 4.43 Å². The monoisotopic (exact) mass is 265 g/mol. The molecule has 1 rings (SSSR count). The third-order valence-corrected chi connectivity index (χ3v) is 3.37. The Morgan fingerprint density at radius 3 is 2.83 bits per heavy atom. The summed E-state index contributed by atoms with van der Waals surface area (Å²) in [5, 5.41) is 0. The second-order valence-electron chi connectivity index (χ2n) is 2.10. The lowest BCUT2D eigenvalue weighted by Crippen LogP contribution is -2.05. The minimum Gasteiger partial charge on any atom is -0.521 e. The maximum absolute atomic E-state index is 11.2. The van der Waals surface area contributed by atoms with Crippen molar-refractivity contribution >= 4 is 43.0 Å². The van der Waals surface area contributed by atoms with E-state index in [-0.39, 0.29) is 5.97 Å². The van der Waals surface area contributed by atoms with Crippen LogP contribution in [0.4, 0.5) is 0 Å². The van der Waals surface area contributed by atoms with Gasteiger partial charge in [0.05, 0.1) is 5.69 Å². The average molecular weight is 266 g/mol. The van der Waals surface area contributed by atoms with Gasteiger partial charge in [0.2, 0.25) is 9.76 Å². The highest BCUT2D eigenvalue weighted by Crippen LogP contribution is 2.23. The van der Waals surface area contributed by atoms with E-state index in [1.54, 1.807) is 6.92 Å². The van der Waals surface area contributed by atoms with Crippen LogP contribution in [-0.2, 0) is 4.43 Å². The van der Waals surface area contributed by atoms with Gasteiger partial charge in [0.25, 0.3) is 0 Å². The molecule has 0 aromatic carbocycles. The molecule has 3 nitrogen and oxygen atoms in total. The molecule has 1 aromatic heterocycles. The van der Waals surface area contributed by atoms with Gasteiger partial charge in [-0.3, -0.25) is 0 Å². The first-order valence-corrected chi connectivity index (χ1v) is 7.05. The number of hydrogen-bond donors (Lipinski definition) is 0. The molecule has 0 amide bonds. The van der Waals surface area contributed by atoms with Crippen LogP contribution in [0.5, 0.6) is 0 Å². The zero-order valence-corrected chi connectivity index (χ0v) is 10.6. The molecule has 0 aliphatic carbocycles. The van der Waals surface area contributed by atoms with Crippen LogP contribution in [0.15, 0.2) is 3.92 Å². The lowest BCUT2D eigenvalue weighted by atomic mass is 10.4. The summed E-state index contributed by atoms with van der Waals surface area (Å²) in [6.45, 7) is 3.72. The van der Waals surface area contributed by atoms with Crippen molar-refractivity contribution in [2.24, 2.45) is 0 Å². The van der Waals surface area contributed by atoms with Gasteiger partial charge in [0.1, 0.15) is 4.88 Å². The van der Waals surface area contributed by atoms with Gasteiger partial charge >= 0.3 is 5.97 Å². The van der Waals surface area contributed by atoms with Gasteiger partial charge in [-0.25, -0.2) is 9.78 Å². The van der Waals surface area contributed by atoms with E-state index in [9.17, 15) is 4.79 Å². The number of halogens is 1. The highest BCUT2D eigenvalue weighted by atomic mass is 79.9. The lowest BCUT2D eigenvalue weighted by molar-refractivity contribution is 0.0747. The Labute approximate surface area is 85.2 Å². The SMILES string of the molecule is C[SiH2]OC(=O)c1sc(Br)nc1C. The standard InChI is InChI=1S/C6H8BrNO2SSi/c1-3-4(5(9)10-12-2)11-6(7)8-3/h12H2,1-2H3. The van der Waals surface area contributed by atoms with Crippen molar-refractivity contribution in [2.75, 3.05) is 0 Å². The van der Waals surface area contributed by atoms with Gasteiger partial charge in [0, 0.05) is 0 Å². The van der Waals surface area contributed by atoms with Crippen molar-refractivity contribution in [3.8, 4) is 0 Å². The fourth-order valence-electron chi connectivity index (χ4n) is 0.750. The van der Waals surface area contributed by atoms with Crippen molar-refractivity contribution in [1.29, 1.82) is 0 Å². The number of nitrogens with zero attached hydrogens (tertiary/aromatic N) is 1. The molecule has 0 fully saturated rings. The minimum absolute atomic E-state index is 0.232. The normalized spacial score (nSPS) is 10.9. The van der Waals surface area contributed by atoms with E-state index in [4.69, 9.17) is 4.43 Å². The summed E-state index contributed by atoms with van der Waals surface area (Å²) < 4.78 is 5.70. The lowest BCUT2D eigenvalue weighted by Gasteiger charge is -1.97. The largest absolute Gasteiger partial charge is 0.521 e. The topological polar surface area (TPSA) is 39.2 Å². The van der Waals surface area contributed by atoms with E-state index in [1.807, 2.05) is 6.55 Å². The molecule has 0 radical (unpaired) electrons. The maximum Gasteiger partial charge on any atom is 0.336 e. The van der Waals surface area contributed by atoms with Crippen molar-refractivity contribution < 1.29 is 9.22 Å². The summed E-state index contributed by atoms with van der Waals surface area (Å²) in [6.07, 6.45) is 0. The van der Waals surface area contributed by atoms with Gasteiger partial charge in [-0.1, -0.05) is 11.3 Å². The number of carbonyl (C=O) groups excluding carboxylic acids is 1. The summed E-state index contributed by atoms with van der Waals surface area (Å²) in [5.74, 6) is -0.232. The number of aromatic nitrogens is 1. The van der Waals surface area contributed by atoms with Crippen molar-refractivity contribution in [2.45, 2.75) is 13.5 Å². The molecule has 0 saturated heterocycles. The third kappa shape index (κ3) is 2.15. The van der Waals surface area contributed by atoms with Gasteiger partial charge in [-0.2, -0.15) is 0 Å². The van der Waals surface area contributed by atoms with E-state index in [0.29, 0.717) is 4.88 Å². The maximum atomic E-state index is 11.2. The molecule has 1 aromatic rings. The summed E-state index contributed by atoms with van der Waals surface area (Å²) in [7, 11) is -0.670. The van der Waals surface area contributed by atoms with Crippen molar-refractivity contribution in [3.63, 3.8) is 0 Å². The Bertz CT molecular complexity index is 302. The van der Waals surface area contributed by atoms with Crippen LogP contribution in [0, 0.1) is 6.92 Å². The van der Waals surface area contributed by atoms with E-state index in [2.05, 4.69) is 20.9 Å².